The first-order valence-electron chi connectivity index (χ1n) is 15.5. The summed E-state index contributed by atoms with van der Waals surface area (Å²) >= 11 is 0. The summed E-state index contributed by atoms with van der Waals surface area (Å²) in [7, 11) is -1.99. The van der Waals surface area contributed by atoms with Crippen molar-refractivity contribution in [2.75, 3.05) is 0 Å². The highest BCUT2D eigenvalue weighted by molar-refractivity contribution is 6.77. The van der Waals surface area contributed by atoms with E-state index in [1.807, 2.05) is 0 Å². The van der Waals surface area contributed by atoms with Gasteiger partial charge in [0.25, 0.3) is 8.32 Å². The van der Waals surface area contributed by atoms with Crippen molar-refractivity contribution in [3.63, 3.8) is 0 Å². The zero-order valence-electron chi connectivity index (χ0n) is 24.9. The lowest BCUT2D eigenvalue weighted by molar-refractivity contribution is -0.187. The fraction of sp³-hybridized carbons (Fsp3) is 0.938. The molecule has 9 atom stereocenters. The molecule has 1 aliphatic heterocycles. The second kappa shape index (κ2) is 7.87. The molecule has 1 spiro atoms. The summed E-state index contributed by atoms with van der Waals surface area (Å²) < 4.78 is 21.3. The molecule has 6 rings (SSSR count). The lowest BCUT2D eigenvalue weighted by Crippen LogP contribution is -2.63. The summed E-state index contributed by atoms with van der Waals surface area (Å²) in [5.41, 5.74) is 2.69. The zero-order valence-corrected chi connectivity index (χ0v) is 25.9. The molecule has 5 fully saturated rings. The van der Waals surface area contributed by atoms with Crippen LogP contribution >= 0.6 is 0 Å². The molecule has 0 amide bonds. The number of rotatable bonds is 5. The quantitative estimate of drug-likeness (QED) is 0.343. The van der Waals surface area contributed by atoms with Crippen molar-refractivity contribution in [1.29, 1.82) is 0 Å². The van der Waals surface area contributed by atoms with Gasteiger partial charge >= 0.3 is 0 Å². The Balaban J connectivity index is 1.40. The van der Waals surface area contributed by atoms with E-state index in [9.17, 15) is 0 Å². The van der Waals surface area contributed by atoms with Crippen LogP contribution in [0.4, 0.5) is 0 Å². The summed E-state index contributed by atoms with van der Waals surface area (Å²) in [6.07, 6.45) is 12.6. The smallest absolute Gasteiger partial charge is 0.258 e. The number of fused-ring (bicyclic) bond motifs is 6. The Kier molecular flexibility index (Phi) is 5.67. The monoisotopic (exact) mass is 514 g/mol. The maximum Gasteiger partial charge on any atom is 0.258 e. The Morgan fingerprint density at radius 3 is 2.11 bits per heavy atom. The molecule has 0 aromatic carbocycles. The van der Waals surface area contributed by atoms with E-state index in [-0.39, 0.29) is 17.6 Å². The van der Waals surface area contributed by atoms with Crippen LogP contribution < -0.4 is 0 Å². The second-order valence-corrected chi connectivity index (χ2v) is 21.1. The Labute approximate surface area is 222 Å². The van der Waals surface area contributed by atoms with Crippen LogP contribution in [0.3, 0.4) is 0 Å². The third-order valence-electron chi connectivity index (χ3n) is 13.0. The van der Waals surface area contributed by atoms with E-state index in [0.29, 0.717) is 45.2 Å². The highest BCUT2D eigenvalue weighted by atomic mass is 28.4. The van der Waals surface area contributed by atoms with Gasteiger partial charge in [-0.2, -0.15) is 0 Å². The normalized spacial score (nSPS) is 48.8. The maximum atomic E-state index is 7.54. The largest absolute Gasteiger partial charge is 0.545 e. The molecule has 204 valence electrons. The van der Waals surface area contributed by atoms with Crippen molar-refractivity contribution < 1.29 is 13.9 Å². The van der Waals surface area contributed by atoms with E-state index < -0.39 is 14.1 Å². The molecular weight excluding hydrogens is 460 g/mol. The van der Waals surface area contributed by atoms with Crippen molar-refractivity contribution in [2.45, 2.75) is 149 Å². The van der Waals surface area contributed by atoms with Gasteiger partial charge in [-0.1, -0.05) is 68.2 Å². The lowest BCUT2D eigenvalue weighted by atomic mass is 9.42. The maximum absolute atomic E-state index is 7.54. The van der Waals surface area contributed by atoms with Crippen LogP contribution in [0.1, 0.15) is 114 Å². The van der Waals surface area contributed by atoms with Crippen molar-refractivity contribution in [2.24, 2.45) is 39.9 Å². The van der Waals surface area contributed by atoms with E-state index >= 15 is 0 Å². The Hall–Kier alpha value is -0.323. The summed E-state index contributed by atoms with van der Waals surface area (Å²) in [5, 5.41) is 0. The standard InChI is InChI=1S/C32H54O3Si/c1-19(2)36(20(3)4,21(5)6)35-25-17-22-18-32(22)26-23(14-16-31(25,32)10)30(9)15-12-11-13-24(30)27-28(26)34-29(7,8)33-27/h17,19-24,26-28H,11-16,18H2,1-10H3/t22-,23?,24?,26?,27?,28?,30+,31+,32+/m0/s1. The van der Waals surface area contributed by atoms with Gasteiger partial charge in [0.15, 0.2) is 5.79 Å². The molecule has 1 heterocycles. The van der Waals surface area contributed by atoms with Crippen LogP contribution in [0.25, 0.3) is 0 Å². The number of hydrogen-bond donors (Lipinski definition) is 0. The Morgan fingerprint density at radius 1 is 0.833 bits per heavy atom. The second-order valence-electron chi connectivity index (χ2n) is 15.7. The van der Waals surface area contributed by atoms with Gasteiger partial charge in [0.05, 0.1) is 18.0 Å². The van der Waals surface area contributed by atoms with Crippen LogP contribution in [-0.4, -0.2) is 26.3 Å². The molecule has 0 aromatic heterocycles. The fourth-order valence-electron chi connectivity index (χ4n) is 11.6. The van der Waals surface area contributed by atoms with Gasteiger partial charge in [0.2, 0.25) is 0 Å². The van der Waals surface area contributed by atoms with Crippen molar-refractivity contribution >= 4 is 8.32 Å². The molecule has 5 aliphatic carbocycles. The van der Waals surface area contributed by atoms with E-state index in [0.717, 1.165) is 5.92 Å². The molecule has 4 heteroatoms. The minimum atomic E-state index is -1.99. The Bertz CT molecular complexity index is 916. The van der Waals surface area contributed by atoms with Crippen LogP contribution in [0.15, 0.2) is 11.8 Å². The highest BCUT2D eigenvalue weighted by Crippen LogP contribution is 2.83. The molecule has 6 aliphatic rings. The molecule has 0 bridgehead atoms. The Morgan fingerprint density at radius 2 is 1.47 bits per heavy atom. The molecule has 3 nitrogen and oxygen atoms in total. The molecular formula is C32H54O3Si. The first-order chi connectivity index (χ1) is 16.7. The topological polar surface area (TPSA) is 27.7 Å². The van der Waals surface area contributed by atoms with Gasteiger partial charge in [-0.3, -0.25) is 0 Å². The summed E-state index contributed by atoms with van der Waals surface area (Å²) in [4.78, 5) is 0. The predicted octanol–water partition coefficient (Wildman–Crippen LogP) is 8.85. The van der Waals surface area contributed by atoms with E-state index in [1.165, 1.54) is 50.7 Å². The summed E-state index contributed by atoms with van der Waals surface area (Å²) in [6, 6.07) is 0. The van der Waals surface area contributed by atoms with Crippen molar-refractivity contribution in [3.05, 3.63) is 11.8 Å². The first-order valence-corrected chi connectivity index (χ1v) is 17.7. The fourth-order valence-corrected chi connectivity index (χ4v) is 17.0. The van der Waals surface area contributed by atoms with Crippen LogP contribution in [0, 0.1) is 39.9 Å². The van der Waals surface area contributed by atoms with E-state index in [4.69, 9.17) is 13.9 Å². The molecule has 5 unspecified atom stereocenters. The molecule has 0 N–H and O–H groups in total. The lowest BCUT2D eigenvalue weighted by Gasteiger charge is -2.64. The molecule has 0 aromatic rings. The minimum absolute atomic E-state index is 0.147. The van der Waals surface area contributed by atoms with Gasteiger partial charge in [0.1, 0.15) is 0 Å². The number of allylic oxidation sites excluding steroid dienone is 2. The van der Waals surface area contributed by atoms with Crippen molar-refractivity contribution in [3.8, 4) is 0 Å². The van der Waals surface area contributed by atoms with Gasteiger partial charge in [-0.05, 0) is 103 Å². The summed E-state index contributed by atoms with van der Waals surface area (Å²) in [5.74, 6) is 3.61. The average Bonchev–Trinajstić information content (AvgIpc) is 3.30. The first kappa shape index (κ1) is 25.9. The van der Waals surface area contributed by atoms with Crippen LogP contribution in [0.2, 0.25) is 16.6 Å². The van der Waals surface area contributed by atoms with E-state index in [2.05, 4.69) is 75.3 Å². The third-order valence-corrected chi connectivity index (χ3v) is 19.0. The number of ether oxygens (including phenoxy) is 2. The zero-order chi connectivity index (χ0) is 26.1. The van der Waals surface area contributed by atoms with Crippen molar-refractivity contribution in [1.82, 2.24) is 0 Å². The number of hydrogen-bond acceptors (Lipinski definition) is 3. The van der Waals surface area contributed by atoms with Gasteiger partial charge < -0.3 is 13.9 Å². The molecule has 0 radical (unpaired) electrons. The predicted molar refractivity (Wildman–Crippen MR) is 149 cm³/mol. The van der Waals surface area contributed by atoms with Crippen LogP contribution in [0.5, 0.6) is 0 Å². The summed E-state index contributed by atoms with van der Waals surface area (Å²) in [6.45, 7) is 24.2. The van der Waals surface area contributed by atoms with Gasteiger partial charge in [-0.25, -0.2) is 0 Å². The van der Waals surface area contributed by atoms with Gasteiger partial charge in [-0.15, -0.1) is 0 Å². The van der Waals surface area contributed by atoms with Crippen LogP contribution in [-0.2, 0) is 13.9 Å². The average molecular weight is 515 g/mol. The third kappa shape index (κ3) is 3.04. The highest BCUT2D eigenvalue weighted by Gasteiger charge is 2.80. The van der Waals surface area contributed by atoms with Gasteiger partial charge in [0, 0.05) is 5.41 Å². The molecule has 36 heavy (non-hydrogen) atoms. The molecule has 4 saturated carbocycles. The SMILES string of the molecule is CC(C)[Si](OC1=C[C@H]2C[C@]23C2C4OC(C)(C)OC4C4CCCC[C@]4(C)C2CC[C@]13C)(C(C)C)C(C)C. The van der Waals surface area contributed by atoms with E-state index in [1.54, 1.807) is 0 Å². The minimum Gasteiger partial charge on any atom is -0.545 e. The molecule has 1 saturated heterocycles.